The number of alkyl halides is 5. The largest absolute Gasteiger partial charge is 0.495 e. The lowest BCUT2D eigenvalue weighted by Crippen LogP contribution is -2.32. The normalized spacial score (nSPS) is 12.3. The molecule has 0 unspecified atom stereocenters. The predicted octanol–water partition coefficient (Wildman–Crippen LogP) is 6.53. The Hall–Kier alpha value is -2.31. The quantitative estimate of drug-likeness (QED) is 0.220. The molecule has 5 nitrogen and oxygen atoms in total. The Balaban J connectivity index is 2.09. The van der Waals surface area contributed by atoms with Gasteiger partial charge in [0.25, 0.3) is 5.91 Å². The number of fused-ring (bicyclic) bond motifs is 1. The summed E-state index contributed by atoms with van der Waals surface area (Å²) in [4.78, 5) is 24.6. The number of hydrogen-bond donors (Lipinski definition) is 0. The van der Waals surface area contributed by atoms with Crippen molar-refractivity contribution in [1.82, 2.24) is 4.57 Å². The van der Waals surface area contributed by atoms with Gasteiger partial charge in [-0.1, -0.05) is 11.6 Å². The Bertz CT molecular complexity index is 1220. The molecule has 0 atom stereocenters. The van der Waals surface area contributed by atoms with Crippen LogP contribution in [0.2, 0.25) is 5.02 Å². The second kappa shape index (κ2) is 8.56. The monoisotopic (exact) mass is 513 g/mol. The van der Waals surface area contributed by atoms with Gasteiger partial charge in [-0.3, -0.25) is 14.2 Å². The molecule has 0 saturated heterocycles. The van der Waals surface area contributed by atoms with E-state index in [-0.39, 0.29) is 32.6 Å². The molecule has 3 aromatic rings. The summed E-state index contributed by atoms with van der Waals surface area (Å²) < 4.78 is 75.3. The van der Waals surface area contributed by atoms with Crippen LogP contribution in [0.4, 0.5) is 22.0 Å². The molecule has 0 radical (unpaired) electrons. The van der Waals surface area contributed by atoms with Crippen LogP contribution in [0.3, 0.4) is 0 Å². The zero-order chi connectivity index (χ0) is 24.0. The Morgan fingerprint density at radius 1 is 1.16 bits per heavy atom. The maximum Gasteiger partial charge on any atom is 0.464 e. The highest BCUT2D eigenvalue weighted by molar-refractivity contribution is 8.02. The third kappa shape index (κ3) is 4.44. The van der Waals surface area contributed by atoms with Crippen molar-refractivity contribution in [3.63, 3.8) is 0 Å². The average molecular weight is 514 g/mol. The van der Waals surface area contributed by atoms with E-state index < -0.39 is 39.3 Å². The Morgan fingerprint density at radius 3 is 2.38 bits per heavy atom. The minimum Gasteiger partial charge on any atom is -0.495 e. The van der Waals surface area contributed by atoms with Crippen molar-refractivity contribution >= 4 is 57.5 Å². The Morgan fingerprint density at radius 2 is 1.81 bits per heavy atom. The predicted molar refractivity (Wildman–Crippen MR) is 110 cm³/mol. The molecule has 0 aliphatic carbocycles. The minimum atomic E-state index is -5.74. The molecule has 0 N–H and O–H groups in total. The summed E-state index contributed by atoms with van der Waals surface area (Å²) in [6, 6.07) is 5.01. The number of hydrogen-bond acceptors (Lipinski definition) is 6. The molecule has 1 aromatic carbocycles. The standard InChI is InChI=1S/C19H13ClF5NO4S2/c1-8-16(30-9(2)27)10-6-13(29-3)11(20)7-12(10)26(8)17(28)14-4-5-15(31-14)32-19(24,25)18(21,22)23/h4-7H,1-3H3. The van der Waals surface area contributed by atoms with Crippen molar-refractivity contribution in [2.45, 2.75) is 29.5 Å². The third-order valence-corrected chi connectivity index (χ3v) is 6.71. The fourth-order valence-corrected chi connectivity index (χ4v) is 5.02. The van der Waals surface area contributed by atoms with Gasteiger partial charge in [-0.25, -0.2) is 0 Å². The van der Waals surface area contributed by atoms with Gasteiger partial charge in [-0.15, -0.1) is 11.3 Å². The van der Waals surface area contributed by atoms with Crippen LogP contribution in [0.25, 0.3) is 10.9 Å². The fraction of sp³-hybridized carbons (Fsp3) is 0.263. The number of nitrogens with zero attached hydrogens (tertiary/aromatic N) is 1. The summed E-state index contributed by atoms with van der Waals surface area (Å²) in [5.74, 6) is -1.07. The molecular formula is C19H13ClF5NO4S2. The van der Waals surface area contributed by atoms with Gasteiger partial charge in [0.05, 0.1) is 32.4 Å². The zero-order valence-electron chi connectivity index (χ0n) is 16.5. The molecule has 2 aromatic heterocycles. The Labute approximate surface area is 191 Å². The number of thiophene rings is 1. The smallest absolute Gasteiger partial charge is 0.464 e. The van der Waals surface area contributed by atoms with Crippen molar-refractivity contribution in [3.8, 4) is 11.5 Å². The van der Waals surface area contributed by atoms with Crippen LogP contribution in [-0.4, -0.2) is 35.0 Å². The van der Waals surface area contributed by atoms with Gasteiger partial charge in [0.1, 0.15) is 5.75 Å². The molecule has 0 aliphatic rings. The lowest BCUT2D eigenvalue weighted by molar-refractivity contribution is -0.237. The van der Waals surface area contributed by atoms with Gasteiger partial charge >= 0.3 is 17.4 Å². The lowest BCUT2D eigenvalue weighted by Gasteiger charge is -2.17. The molecule has 0 spiro atoms. The molecule has 0 fully saturated rings. The van der Waals surface area contributed by atoms with Crippen molar-refractivity contribution in [1.29, 1.82) is 0 Å². The van der Waals surface area contributed by atoms with E-state index in [0.29, 0.717) is 16.7 Å². The lowest BCUT2D eigenvalue weighted by atomic mass is 10.2. The number of benzene rings is 1. The first kappa shape index (κ1) is 24.3. The molecule has 3 rings (SSSR count). The number of esters is 1. The van der Waals surface area contributed by atoms with Crippen molar-refractivity contribution < 1.29 is 41.0 Å². The van der Waals surface area contributed by atoms with E-state index in [4.69, 9.17) is 21.1 Å². The Kier molecular flexibility index (Phi) is 6.51. The van der Waals surface area contributed by atoms with Crippen LogP contribution in [0.1, 0.15) is 22.3 Å². The van der Waals surface area contributed by atoms with Gasteiger partial charge in [-0.05, 0) is 43.0 Å². The van der Waals surface area contributed by atoms with Crippen LogP contribution in [0.5, 0.6) is 11.5 Å². The SMILES string of the molecule is COc1cc2c(OC(C)=O)c(C)n(C(=O)c3ccc(SC(F)(F)C(F)(F)F)s3)c2cc1Cl. The van der Waals surface area contributed by atoms with Crippen LogP contribution in [-0.2, 0) is 4.79 Å². The summed E-state index contributed by atoms with van der Waals surface area (Å²) in [5, 5.41) is -4.55. The molecule has 0 amide bonds. The topological polar surface area (TPSA) is 57.5 Å². The first-order valence-corrected chi connectivity index (χ1v) is 10.6. The highest BCUT2D eigenvalue weighted by Crippen LogP contribution is 2.49. The van der Waals surface area contributed by atoms with Crippen LogP contribution < -0.4 is 9.47 Å². The van der Waals surface area contributed by atoms with E-state index in [2.05, 4.69) is 0 Å². The second-order valence-corrected chi connectivity index (χ2v) is 9.29. The number of thioether (sulfide) groups is 1. The van der Waals surface area contributed by atoms with E-state index >= 15 is 0 Å². The number of carbonyl (C=O) groups excluding carboxylic acids is 2. The molecule has 0 bridgehead atoms. The van der Waals surface area contributed by atoms with E-state index in [1.807, 2.05) is 0 Å². The highest BCUT2D eigenvalue weighted by atomic mass is 35.5. The number of methoxy groups -OCH3 is 1. The van der Waals surface area contributed by atoms with Crippen LogP contribution in [0.15, 0.2) is 28.5 Å². The summed E-state index contributed by atoms with van der Waals surface area (Å²) in [6.07, 6.45) is -5.74. The van der Waals surface area contributed by atoms with E-state index in [0.717, 1.165) is 16.7 Å². The first-order valence-electron chi connectivity index (χ1n) is 8.62. The number of halogens is 6. The zero-order valence-corrected chi connectivity index (χ0v) is 18.9. The molecule has 13 heteroatoms. The summed E-state index contributed by atoms with van der Waals surface area (Å²) in [7, 11) is 1.37. The third-order valence-electron chi connectivity index (χ3n) is 4.22. The number of rotatable bonds is 5. The van der Waals surface area contributed by atoms with Crippen molar-refractivity contribution in [3.05, 3.63) is 39.9 Å². The number of aromatic nitrogens is 1. The molecular weight excluding hydrogens is 501 g/mol. The summed E-state index contributed by atoms with van der Waals surface area (Å²) in [6.45, 7) is 2.65. The van der Waals surface area contributed by atoms with Crippen LogP contribution >= 0.6 is 34.7 Å². The van der Waals surface area contributed by atoms with E-state index in [1.165, 1.54) is 33.1 Å². The first-order chi connectivity index (χ1) is 14.8. The average Bonchev–Trinajstić information content (AvgIpc) is 3.22. The molecule has 32 heavy (non-hydrogen) atoms. The van der Waals surface area contributed by atoms with Crippen molar-refractivity contribution in [2.24, 2.45) is 0 Å². The maximum absolute atomic E-state index is 13.3. The van der Waals surface area contributed by atoms with Gasteiger partial charge in [-0.2, -0.15) is 22.0 Å². The summed E-state index contributed by atoms with van der Waals surface area (Å²) >= 11 is 5.95. The number of ether oxygens (including phenoxy) is 2. The van der Waals surface area contributed by atoms with Gasteiger partial charge < -0.3 is 9.47 Å². The molecule has 0 aliphatic heterocycles. The molecule has 172 valence electrons. The minimum absolute atomic E-state index is 0.0607. The van der Waals surface area contributed by atoms with Gasteiger partial charge in [0.2, 0.25) is 0 Å². The fourth-order valence-electron chi connectivity index (χ4n) is 2.86. The van der Waals surface area contributed by atoms with Crippen LogP contribution in [0, 0.1) is 6.92 Å². The maximum atomic E-state index is 13.3. The van der Waals surface area contributed by atoms with E-state index in [1.54, 1.807) is 0 Å². The van der Waals surface area contributed by atoms with E-state index in [9.17, 15) is 31.5 Å². The molecule has 0 saturated carbocycles. The molecule has 2 heterocycles. The second-order valence-electron chi connectivity index (χ2n) is 6.39. The summed E-state index contributed by atoms with van der Waals surface area (Å²) in [5.41, 5.74) is 0.436. The van der Waals surface area contributed by atoms with Gasteiger partial charge in [0.15, 0.2) is 5.75 Å². The van der Waals surface area contributed by atoms with Gasteiger partial charge in [0, 0.05) is 12.3 Å². The van der Waals surface area contributed by atoms with Crippen molar-refractivity contribution in [2.75, 3.05) is 7.11 Å². The highest BCUT2D eigenvalue weighted by Gasteiger charge is 2.58. The number of carbonyl (C=O) groups is 2.